The topological polar surface area (TPSA) is 0 Å². The van der Waals surface area contributed by atoms with Crippen molar-refractivity contribution in [2.75, 3.05) is 0 Å². The summed E-state index contributed by atoms with van der Waals surface area (Å²) in [6, 6.07) is 34.2. The number of benzene rings is 7. The van der Waals surface area contributed by atoms with Gasteiger partial charge in [-0.2, -0.15) is 0 Å². The van der Waals surface area contributed by atoms with E-state index in [2.05, 4.69) is 200 Å². The van der Waals surface area contributed by atoms with Crippen LogP contribution in [0.3, 0.4) is 0 Å². The Balaban J connectivity index is 1.32. The monoisotopic (exact) mass is 770 g/mol. The van der Waals surface area contributed by atoms with Crippen molar-refractivity contribution in [3.63, 3.8) is 0 Å². The zero-order chi connectivity index (χ0) is 41.9. The molecular weight excluding hydrogens is 709 g/mol. The Morgan fingerprint density at radius 3 is 1.39 bits per heavy atom. The zero-order valence-corrected chi connectivity index (χ0v) is 38.1. The Morgan fingerprint density at radius 1 is 0.508 bits per heavy atom. The molecule has 0 aromatic heterocycles. The molecule has 3 aliphatic rings. The summed E-state index contributed by atoms with van der Waals surface area (Å²) in [4.78, 5) is 0. The zero-order valence-electron chi connectivity index (χ0n) is 38.1. The van der Waals surface area contributed by atoms with Gasteiger partial charge in [0.1, 0.15) is 0 Å². The van der Waals surface area contributed by atoms with Crippen LogP contribution in [-0.4, -0.2) is 0 Å². The molecule has 1 unspecified atom stereocenters. The van der Waals surface area contributed by atoms with Gasteiger partial charge in [-0.05, 0) is 170 Å². The third-order valence-corrected chi connectivity index (χ3v) is 14.9. The van der Waals surface area contributed by atoms with Gasteiger partial charge in [0.25, 0.3) is 0 Å². The quantitative estimate of drug-likeness (QED) is 0.154. The minimum absolute atomic E-state index is 0.0245. The Kier molecular flexibility index (Phi) is 7.84. The first-order valence-corrected chi connectivity index (χ1v) is 22.2. The van der Waals surface area contributed by atoms with Crippen LogP contribution in [0.25, 0.3) is 71.3 Å². The van der Waals surface area contributed by atoms with E-state index in [4.69, 9.17) is 0 Å². The summed E-state index contributed by atoms with van der Waals surface area (Å²) >= 11 is 0. The van der Waals surface area contributed by atoms with Crippen molar-refractivity contribution in [1.82, 2.24) is 0 Å². The van der Waals surface area contributed by atoms with Gasteiger partial charge in [-0.1, -0.05) is 174 Å². The van der Waals surface area contributed by atoms with E-state index in [1.807, 2.05) is 0 Å². The molecule has 0 bridgehead atoms. The van der Waals surface area contributed by atoms with Gasteiger partial charge in [0, 0.05) is 10.8 Å². The van der Waals surface area contributed by atoms with Crippen LogP contribution in [0.4, 0.5) is 0 Å². The van der Waals surface area contributed by atoms with Crippen molar-refractivity contribution in [2.24, 2.45) is 11.3 Å². The summed E-state index contributed by atoms with van der Waals surface area (Å²) in [5.74, 6) is 0.563. The van der Waals surface area contributed by atoms with Gasteiger partial charge in [0.2, 0.25) is 0 Å². The van der Waals surface area contributed by atoms with Gasteiger partial charge >= 0.3 is 0 Å². The number of hydrogen-bond donors (Lipinski definition) is 0. The second-order valence-corrected chi connectivity index (χ2v) is 22.8. The first-order chi connectivity index (χ1) is 27.6. The van der Waals surface area contributed by atoms with Crippen LogP contribution in [0.2, 0.25) is 0 Å². The summed E-state index contributed by atoms with van der Waals surface area (Å²) < 4.78 is 0. The lowest BCUT2D eigenvalue weighted by molar-refractivity contribution is 0.294. The molecule has 0 amide bonds. The lowest BCUT2D eigenvalue weighted by Gasteiger charge is -2.31. The van der Waals surface area contributed by atoms with E-state index in [1.54, 1.807) is 0 Å². The molecule has 0 heteroatoms. The first kappa shape index (κ1) is 38.3. The molecule has 0 radical (unpaired) electrons. The highest BCUT2D eigenvalue weighted by Gasteiger charge is 2.44. The normalized spacial score (nSPS) is 18.1. The highest BCUT2D eigenvalue weighted by Crippen LogP contribution is 2.62. The fraction of sp³-hybridized carbons (Fsp3) is 0.356. The lowest BCUT2D eigenvalue weighted by atomic mass is 9.72. The Morgan fingerprint density at radius 2 is 0.949 bits per heavy atom. The second-order valence-electron chi connectivity index (χ2n) is 22.8. The van der Waals surface area contributed by atoms with Crippen molar-refractivity contribution in [3.8, 4) is 33.4 Å². The Hall–Kier alpha value is -4.94. The molecule has 0 nitrogen and oxygen atoms in total. The summed E-state index contributed by atoms with van der Waals surface area (Å²) in [7, 11) is 0. The maximum atomic E-state index is 2.60. The van der Waals surface area contributed by atoms with Gasteiger partial charge in [-0.15, -0.1) is 0 Å². The molecule has 0 fully saturated rings. The minimum Gasteiger partial charge on any atom is -0.0800 e. The molecular formula is C59H62. The van der Waals surface area contributed by atoms with E-state index in [0.717, 1.165) is 6.42 Å². The predicted molar refractivity (Wildman–Crippen MR) is 258 cm³/mol. The van der Waals surface area contributed by atoms with E-state index in [-0.39, 0.29) is 27.1 Å². The van der Waals surface area contributed by atoms with Crippen LogP contribution in [0.15, 0.2) is 103 Å². The van der Waals surface area contributed by atoms with E-state index < -0.39 is 0 Å². The van der Waals surface area contributed by atoms with Crippen LogP contribution in [-0.2, 0) is 21.7 Å². The lowest BCUT2D eigenvalue weighted by Crippen LogP contribution is -2.19. The molecule has 7 aromatic rings. The van der Waals surface area contributed by atoms with Crippen molar-refractivity contribution in [2.45, 2.75) is 125 Å². The van der Waals surface area contributed by atoms with Crippen molar-refractivity contribution in [1.29, 1.82) is 0 Å². The molecule has 0 spiro atoms. The van der Waals surface area contributed by atoms with E-state index in [0.29, 0.717) is 5.92 Å². The average molecular weight is 771 g/mol. The highest BCUT2D eigenvalue weighted by molar-refractivity contribution is 6.33. The molecule has 59 heavy (non-hydrogen) atoms. The number of fused-ring (bicyclic) bond motifs is 10. The van der Waals surface area contributed by atoms with Crippen molar-refractivity contribution in [3.05, 3.63) is 148 Å². The summed E-state index contributed by atoms with van der Waals surface area (Å²) in [5.41, 5.74) is 20.7. The summed E-state index contributed by atoms with van der Waals surface area (Å²) in [5, 5.41) is 8.58. The summed E-state index contributed by atoms with van der Waals surface area (Å²) in [6.07, 6.45) is 8.43. The molecule has 0 heterocycles. The SMILES string of the molecule is Cc1ccc(-c2ccc3c(c2)C(C)(C)c2c-3c3cc(C(C)(C)C)cc4c5c(c6cc(C(C)(C)C)cc2c6c34)-c2ccc(C3=CCC(C(C)(C)C)C=C3)cc2C5(C)C)cc1. The van der Waals surface area contributed by atoms with E-state index in [9.17, 15) is 0 Å². The van der Waals surface area contributed by atoms with Gasteiger partial charge in [-0.3, -0.25) is 0 Å². The fourth-order valence-electron chi connectivity index (χ4n) is 11.3. The Bertz CT molecular complexity index is 2980. The molecule has 1 atom stereocenters. The van der Waals surface area contributed by atoms with Crippen LogP contribution >= 0.6 is 0 Å². The van der Waals surface area contributed by atoms with Gasteiger partial charge in [-0.25, -0.2) is 0 Å². The van der Waals surface area contributed by atoms with Crippen LogP contribution in [0.1, 0.15) is 141 Å². The maximum Gasteiger partial charge on any atom is 0.0165 e. The molecule has 7 aromatic carbocycles. The van der Waals surface area contributed by atoms with Gasteiger partial charge in [0.05, 0.1) is 0 Å². The standard InChI is InChI=1S/C59H62/c1-33-15-17-34(18-16-33)36-21-25-41-47(27-36)58(11,12)53-45-31-40(57(8,9)10)30-44-50(45)49-43(51(41)53)29-39(56(5,6)7)32-46(49)54-52(44)42-26-22-37(28-48(42)59(54,13)14)35-19-23-38(24-20-35)55(2,3)4/h15-23,25-32,38H,24H2,1-14H3. The second kappa shape index (κ2) is 12.1. The maximum absolute atomic E-state index is 2.60. The molecule has 298 valence electrons. The highest BCUT2D eigenvalue weighted by atomic mass is 14.5. The number of rotatable bonds is 2. The van der Waals surface area contributed by atoms with Gasteiger partial charge in [0.15, 0.2) is 0 Å². The van der Waals surface area contributed by atoms with Gasteiger partial charge < -0.3 is 0 Å². The molecule has 10 rings (SSSR count). The molecule has 0 saturated carbocycles. The third kappa shape index (κ3) is 5.47. The van der Waals surface area contributed by atoms with Crippen LogP contribution in [0.5, 0.6) is 0 Å². The van der Waals surface area contributed by atoms with Crippen molar-refractivity contribution < 1.29 is 0 Å². The number of hydrogen-bond acceptors (Lipinski definition) is 0. The smallest absolute Gasteiger partial charge is 0.0165 e. The van der Waals surface area contributed by atoms with E-state index in [1.165, 1.54) is 116 Å². The molecule has 3 aliphatic carbocycles. The predicted octanol–water partition coefficient (Wildman–Crippen LogP) is 16.8. The molecule has 0 aliphatic heterocycles. The molecule has 0 saturated heterocycles. The van der Waals surface area contributed by atoms with E-state index >= 15 is 0 Å². The molecule has 0 N–H and O–H groups in total. The minimum atomic E-state index is -0.200. The first-order valence-electron chi connectivity index (χ1n) is 22.2. The summed E-state index contributed by atoms with van der Waals surface area (Å²) in [6.45, 7) is 33.6. The van der Waals surface area contributed by atoms with Crippen molar-refractivity contribution >= 4 is 37.9 Å². The van der Waals surface area contributed by atoms with Crippen LogP contribution in [0, 0.1) is 18.3 Å². The number of aryl methyl sites for hydroxylation is 1. The fourth-order valence-corrected chi connectivity index (χ4v) is 11.3. The average Bonchev–Trinajstić information content (AvgIpc) is 3.56. The third-order valence-electron chi connectivity index (χ3n) is 14.9. The largest absolute Gasteiger partial charge is 0.0800 e. The van der Waals surface area contributed by atoms with Crippen LogP contribution < -0.4 is 0 Å². The Labute approximate surface area is 353 Å². The number of allylic oxidation sites excluding steroid dienone is 4.